The van der Waals surface area contributed by atoms with Crippen LogP contribution in [0.25, 0.3) is 0 Å². The lowest BCUT2D eigenvalue weighted by Gasteiger charge is -2.36. The van der Waals surface area contributed by atoms with Crippen LogP contribution in [0.3, 0.4) is 0 Å². The summed E-state index contributed by atoms with van der Waals surface area (Å²) < 4.78 is 6.39. The van der Waals surface area contributed by atoms with E-state index in [4.69, 9.17) is 4.42 Å². The Bertz CT molecular complexity index is 366. The Balaban J connectivity index is 1.92. The third-order valence-electron chi connectivity index (χ3n) is 3.59. The van der Waals surface area contributed by atoms with Crippen molar-refractivity contribution in [2.24, 2.45) is 5.92 Å². The van der Waals surface area contributed by atoms with Gasteiger partial charge in [-0.15, -0.1) is 0 Å². The van der Waals surface area contributed by atoms with Gasteiger partial charge >= 0.3 is 0 Å². The van der Waals surface area contributed by atoms with Crippen molar-refractivity contribution in [3.05, 3.63) is 22.6 Å². The van der Waals surface area contributed by atoms with Crippen LogP contribution in [0, 0.1) is 5.92 Å². The molecule has 1 aliphatic heterocycles. The number of rotatable bonds is 3. The van der Waals surface area contributed by atoms with Gasteiger partial charge in [-0.3, -0.25) is 0 Å². The lowest BCUT2D eigenvalue weighted by Crippen LogP contribution is -2.47. The van der Waals surface area contributed by atoms with Crippen molar-refractivity contribution in [2.75, 3.05) is 20.1 Å². The predicted octanol–water partition coefficient (Wildman–Crippen LogP) is 3.03. The Morgan fingerprint density at radius 3 is 2.88 bits per heavy atom. The maximum Gasteiger partial charge on any atom is 0.169 e. The van der Waals surface area contributed by atoms with Gasteiger partial charge in [-0.2, -0.15) is 0 Å². The van der Waals surface area contributed by atoms with E-state index in [2.05, 4.69) is 47.0 Å². The molecule has 96 valence electrons. The highest BCUT2D eigenvalue weighted by Crippen LogP contribution is 2.23. The van der Waals surface area contributed by atoms with Crippen molar-refractivity contribution in [3.63, 3.8) is 0 Å². The Morgan fingerprint density at radius 1 is 1.53 bits per heavy atom. The molecule has 2 rings (SSSR count). The van der Waals surface area contributed by atoms with Crippen LogP contribution < -0.4 is 5.32 Å². The van der Waals surface area contributed by atoms with Crippen molar-refractivity contribution < 1.29 is 4.42 Å². The molecule has 3 nitrogen and oxygen atoms in total. The molecule has 0 bridgehead atoms. The molecule has 0 radical (unpaired) electrons. The van der Waals surface area contributed by atoms with Gasteiger partial charge in [0.15, 0.2) is 4.67 Å². The molecular weight excluding hydrogens is 280 g/mol. The first kappa shape index (κ1) is 13.1. The van der Waals surface area contributed by atoms with Crippen LogP contribution in [0.1, 0.15) is 32.1 Å². The SMILES string of the molecule is CC(NC1CCN(C)CC1C)c1ccc(Br)o1. The summed E-state index contributed by atoms with van der Waals surface area (Å²) in [6, 6.07) is 4.84. The molecule has 17 heavy (non-hydrogen) atoms. The molecule has 1 fully saturated rings. The van der Waals surface area contributed by atoms with Gasteiger partial charge in [0.05, 0.1) is 6.04 Å². The second-order valence-electron chi connectivity index (χ2n) is 5.16. The summed E-state index contributed by atoms with van der Waals surface area (Å²) in [6.07, 6.45) is 1.21. The molecule has 1 aromatic heterocycles. The summed E-state index contributed by atoms with van der Waals surface area (Å²) in [5.74, 6) is 1.69. The van der Waals surface area contributed by atoms with Gasteiger partial charge in [0.1, 0.15) is 5.76 Å². The third kappa shape index (κ3) is 3.33. The average molecular weight is 301 g/mol. The van der Waals surface area contributed by atoms with Crippen LogP contribution in [-0.4, -0.2) is 31.1 Å². The summed E-state index contributed by atoms with van der Waals surface area (Å²) in [4.78, 5) is 2.40. The quantitative estimate of drug-likeness (QED) is 0.930. The van der Waals surface area contributed by atoms with Gasteiger partial charge < -0.3 is 14.6 Å². The Labute approximate surface area is 112 Å². The first-order chi connectivity index (χ1) is 8.06. The lowest BCUT2D eigenvalue weighted by molar-refractivity contribution is 0.164. The second kappa shape index (κ2) is 5.55. The molecule has 1 N–H and O–H groups in total. The highest BCUT2D eigenvalue weighted by molar-refractivity contribution is 9.10. The topological polar surface area (TPSA) is 28.4 Å². The Hall–Kier alpha value is -0.320. The fourth-order valence-electron chi connectivity index (χ4n) is 2.57. The maximum absolute atomic E-state index is 5.59. The lowest BCUT2D eigenvalue weighted by atomic mass is 9.93. The van der Waals surface area contributed by atoms with E-state index in [9.17, 15) is 0 Å². The van der Waals surface area contributed by atoms with Gasteiger partial charge in [-0.05, 0) is 60.9 Å². The summed E-state index contributed by atoms with van der Waals surface area (Å²) in [7, 11) is 2.19. The van der Waals surface area contributed by atoms with E-state index >= 15 is 0 Å². The normalized spacial score (nSPS) is 28.2. The van der Waals surface area contributed by atoms with Crippen molar-refractivity contribution in [1.82, 2.24) is 10.2 Å². The Kier molecular flexibility index (Phi) is 4.28. The zero-order chi connectivity index (χ0) is 12.4. The molecule has 1 saturated heterocycles. The highest BCUT2D eigenvalue weighted by Gasteiger charge is 2.26. The molecule has 0 aliphatic carbocycles. The van der Waals surface area contributed by atoms with E-state index in [-0.39, 0.29) is 6.04 Å². The molecule has 3 atom stereocenters. The van der Waals surface area contributed by atoms with Crippen LogP contribution >= 0.6 is 15.9 Å². The molecule has 0 spiro atoms. The molecule has 4 heteroatoms. The fourth-order valence-corrected chi connectivity index (χ4v) is 2.89. The van der Waals surface area contributed by atoms with Crippen molar-refractivity contribution in [2.45, 2.75) is 32.4 Å². The molecule has 0 amide bonds. The summed E-state index contributed by atoms with van der Waals surface area (Å²) in [5, 5.41) is 3.68. The number of hydrogen-bond donors (Lipinski definition) is 1. The van der Waals surface area contributed by atoms with Gasteiger partial charge in [-0.25, -0.2) is 0 Å². The van der Waals surface area contributed by atoms with E-state index < -0.39 is 0 Å². The van der Waals surface area contributed by atoms with Crippen LogP contribution in [0.15, 0.2) is 21.2 Å². The summed E-state index contributed by atoms with van der Waals surface area (Å²) >= 11 is 3.34. The van der Waals surface area contributed by atoms with Crippen LogP contribution in [0.4, 0.5) is 0 Å². The first-order valence-electron chi connectivity index (χ1n) is 6.26. The van der Waals surface area contributed by atoms with E-state index in [1.165, 1.54) is 19.5 Å². The molecule has 2 heterocycles. The minimum Gasteiger partial charge on any atom is -0.453 e. The molecular formula is C13H21BrN2O. The molecule has 3 unspecified atom stereocenters. The van der Waals surface area contributed by atoms with Crippen LogP contribution in [0.2, 0.25) is 0 Å². The second-order valence-corrected chi connectivity index (χ2v) is 5.95. The van der Waals surface area contributed by atoms with Crippen LogP contribution in [-0.2, 0) is 0 Å². The van der Waals surface area contributed by atoms with E-state index in [0.717, 1.165) is 10.4 Å². The first-order valence-corrected chi connectivity index (χ1v) is 7.05. The number of furan rings is 1. The van der Waals surface area contributed by atoms with E-state index in [1.807, 2.05) is 12.1 Å². The smallest absolute Gasteiger partial charge is 0.169 e. The van der Waals surface area contributed by atoms with E-state index in [0.29, 0.717) is 12.0 Å². The highest BCUT2D eigenvalue weighted by atomic mass is 79.9. The zero-order valence-electron chi connectivity index (χ0n) is 10.7. The zero-order valence-corrected chi connectivity index (χ0v) is 12.3. The number of halogens is 1. The average Bonchev–Trinajstić information content (AvgIpc) is 2.69. The van der Waals surface area contributed by atoms with Gasteiger partial charge in [0, 0.05) is 12.6 Å². The third-order valence-corrected chi connectivity index (χ3v) is 4.02. The van der Waals surface area contributed by atoms with Gasteiger partial charge in [0.2, 0.25) is 0 Å². The fraction of sp³-hybridized carbons (Fsp3) is 0.692. The number of nitrogens with zero attached hydrogens (tertiary/aromatic N) is 1. The predicted molar refractivity (Wildman–Crippen MR) is 73.0 cm³/mol. The minimum absolute atomic E-state index is 0.275. The molecule has 0 aromatic carbocycles. The van der Waals surface area contributed by atoms with Crippen LogP contribution in [0.5, 0.6) is 0 Å². The largest absolute Gasteiger partial charge is 0.453 e. The number of likely N-dealkylation sites (tertiary alicyclic amines) is 1. The van der Waals surface area contributed by atoms with Gasteiger partial charge in [-0.1, -0.05) is 6.92 Å². The number of piperidine rings is 1. The molecule has 1 aliphatic rings. The van der Waals surface area contributed by atoms with Crippen molar-refractivity contribution in [1.29, 1.82) is 0 Å². The minimum atomic E-state index is 0.275. The summed E-state index contributed by atoms with van der Waals surface area (Å²) in [6.45, 7) is 6.83. The summed E-state index contributed by atoms with van der Waals surface area (Å²) in [5.41, 5.74) is 0. The van der Waals surface area contributed by atoms with Gasteiger partial charge in [0.25, 0.3) is 0 Å². The Morgan fingerprint density at radius 2 is 2.29 bits per heavy atom. The molecule has 0 saturated carbocycles. The van der Waals surface area contributed by atoms with Crippen molar-refractivity contribution >= 4 is 15.9 Å². The number of nitrogens with one attached hydrogen (secondary N) is 1. The van der Waals surface area contributed by atoms with Crippen molar-refractivity contribution in [3.8, 4) is 0 Å². The van der Waals surface area contributed by atoms with E-state index in [1.54, 1.807) is 0 Å². The number of hydrogen-bond acceptors (Lipinski definition) is 3. The maximum atomic E-state index is 5.59. The standard InChI is InChI=1S/C13H21BrN2O/c1-9-8-16(3)7-6-11(9)15-10(2)12-4-5-13(14)17-12/h4-5,9-11,15H,6-8H2,1-3H3. The molecule has 1 aromatic rings. The monoisotopic (exact) mass is 300 g/mol.